The first-order valence-electron chi connectivity index (χ1n) is 4.00. The Morgan fingerprint density at radius 2 is 2.09 bits per heavy atom. The van der Waals surface area contributed by atoms with Crippen molar-refractivity contribution in [2.75, 3.05) is 20.6 Å². The van der Waals surface area contributed by atoms with Crippen LogP contribution in [-0.2, 0) is 0 Å². The Morgan fingerprint density at radius 3 is 2.45 bits per heavy atom. The zero-order chi connectivity index (χ0) is 8.48. The van der Waals surface area contributed by atoms with Crippen molar-refractivity contribution in [2.45, 2.75) is 25.1 Å². The number of hydrogen-bond acceptors (Lipinski definition) is 4. The van der Waals surface area contributed by atoms with Crippen molar-refractivity contribution < 1.29 is 5.11 Å². The molecule has 1 aliphatic rings. The minimum Gasteiger partial charge on any atom is -0.362 e. The SMILES string of the molecule is CN(C)N1CCCCC1(N)O. The molecule has 3 N–H and O–H groups in total. The summed E-state index contributed by atoms with van der Waals surface area (Å²) in [6, 6.07) is 0. The lowest BCUT2D eigenvalue weighted by molar-refractivity contribution is -0.211. The van der Waals surface area contributed by atoms with Crippen LogP contribution in [0.1, 0.15) is 19.3 Å². The molecule has 0 bridgehead atoms. The van der Waals surface area contributed by atoms with Crippen molar-refractivity contribution in [2.24, 2.45) is 5.73 Å². The van der Waals surface area contributed by atoms with Crippen molar-refractivity contribution in [3.63, 3.8) is 0 Å². The number of hydrazine groups is 1. The van der Waals surface area contributed by atoms with Crippen LogP contribution in [0.4, 0.5) is 0 Å². The zero-order valence-electron chi connectivity index (χ0n) is 7.25. The number of nitrogens with two attached hydrogens (primary N) is 1. The van der Waals surface area contributed by atoms with Crippen LogP contribution < -0.4 is 5.73 Å². The maximum Gasteiger partial charge on any atom is 0.184 e. The molecule has 1 atom stereocenters. The van der Waals surface area contributed by atoms with Gasteiger partial charge in [-0.3, -0.25) is 5.73 Å². The Labute approximate surface area is 67.5 Å². The van der Waals surface area contributed by atoms with E-state index in [1.165, 1.54) is 0 Å². The molecule has 66 valence electrons. The predicted octanol–water partition coefficient (Wildman–Crippen LogP) is -0.446. The summed E-state index contributed by atoms with van der Waals surface area (Å²) in [5.41, 5.74) is 5.66. The second kappa shape index (κ2) is 3.06. The highest BCUT2D eigenvalue weighted by Crippen LogP contribution is 2.20. The van der Waals surface area contributed by atoms with Gasteiger partial charge < -0.3 is 5.11 Å². The Kier molecular flexibility index (Phi) is 2.49. The van der Waals surface area contributed by atoms with Gasteiger partial charge in [0, 0.05) is 27.1 Å². The minimum atomic E-state index is -1.12. The summed E-state index contributed by atoms with van der Waals surface area (Å²) in [5.74, 6) is -1.12. The van der Waals surface area contributed by atoms with Gasteiger partial charge in [0.25, 0.3) is 0 Å². The summed E-state index contributed by atoms with van der Waals surface area (Å²) in [5, 5.41) is 13.3. The third-order valence-corrected chi connectivity index (χ3v) is 2.09. The number of hydrogen-bond donors (Lipinski definition) is 2. The first-order chi connectivity index (χ1) is 5.04. The van der Waals surface area contributed by atoms with Crippen LogP contribution in [0.25, 0.3) is 0 Å². The highest BCUT2D eigenvalue weighted by atomic mass is 16.3. The van der Waals surface area contributed by atoms with E-state index in [0.717, 1.165) is 19.4 Å². The third-order valence-electron chi connectivity index (χ3n) is 2.09. The van der Waals surface area contributed by atoms with Gasteiger partial charge in [0.2, 0.25) is 0 Å². The monoisotopic (exact) mass is 159 g/mol. The standard InChI is InChI=1S/C7H17N3O/c1-9(2)10-6-4-3-5-7(10,8)11/h11H,3-6,8H2,1-2H3. The highest BCUT2D eigenvalue weighted by Gasteiger charge is 2.33. The lowest BCUT2D eigenvalue weighted by Crippen LogP contribution is -2.62. The van der Waals surface area contributed by atoms with Gasteiger partial charge >= 0.3 is 0 Å². The van der Waals surface area contributed by atoms with Crippen molar-refractivity contribution in [1.82, 2.24) is 10.0 Å². The molecule has 0 saturated carbocycles. The summed E-state index contributed by atoms with van der Waals surface area (Å²) in [6.45, 7) is 0.847. The van der Waals surface area contributed by atoms with E-state index < -0.39 is 5.85 Å². The number of rotatable bonds is 1. The summed E-state index contributed by atoms with van der Waals surface area (Å²) in [7, 11) is 3.78. The van der Waals surface area contributed by atoms with Gasteiger partial charge in [-0.1, -0.05) is 0 Å². The van der Waals surface area contributed by atoms with Crippen LogP contribution >= 0.6 is 0 Å². The fourth-order valence-corrected chi connectivity index (χ4v) is 1.52. The van der Waals surface area contributed by atoms with Gasteiger partial charge in [0.1, 0.15) is 0 Å². The lowest BCUT2D eigenvalue weighted by atomic mass is 10.1. The molecule has 0 amide bonds. The van der Waals surface area contributed by atoms with Crippen LogP contribution in [0, 0.1) is 0 Å². The average Bonchev–Trinajstić information content (AvgIpc) is 1.85. The Balaban J connectivity index is 2.60. The van der Waals surface area contributed by atoms with Gasteiger partial charge in [-0.25, -0.2) is 5.01 Å². The molecule has 1 unspecified atom stereocenters. The van der Waals surface area contributed by atoms with Gasteiger partial charge in [0.15, 0.2) is 5.85 Å². The fourth-order valence-electron chi connectivity index (χ4n) is 1.52. The molecule has 0 aliphatic carbocycles. The van der Waals surface area contributed by atoms with E-state index in [-0.39, 0.29) is 0 Å². The van der Waals surface area contributed by atoms with E-state index in [0.29, 0.717) is 6.42 Å². The molecule has 1 heterocycles. The molecule has 4 heteroatoms. The topological polar surface area (TPSA) is 52.7 Å². The molecule has 0 aromatic rings. The van der Waals surface area contributed by atoms with Crippen LogP contribution in [-0.4, -0.2) is 41.6 Å². The first kappa shape index (κ1) is 8.93. The molecule has 11 heavy (non-hydrogen) atoms. The van der Waals surface area contributed by atoms with E-state index in [9.17, 15) is 5.11 Å². The summed E-state index contributed by atoms with van der Waals surface area (Å²) in [6.07, 6.45) is 2.78. The van der Waals surface area contributed by atoms with E-state index in [1.807, 2.05) is 19.1 Å². The largest absolute Gasteiger partial charge is 0.362 e. The zero-order valence-corrected chi connectivity index (χ0v) is 7.25. The van der Waals surface area contributed by atoms with Crippen LogP contribution in [0.3, 0.4) is 0 Å². The molecular formula is C7H17N3O. The summed E-state index contributed by atoms with van der Waals surface area (Å²) in [4.78, 5) is 0. The third kappa shape index (κ3) is 1.90. The summed E-state index contributed by atoms with van der Waals surface area (Å²) < 4.78 is 0. The molecule has 1 saturated heterocycles. The molecular weight excluding hydrogens is 142 g/mol. The normalized spacial score (nSPS) is 34.6. The molecule has 1 aliphatic heterocycles. The van der Waals surface area contributed by atoms with Gasteiger partial charge in [-0.2, -0.15) is 5.01 Å². The second-order valence-corrected chi connectivity index (χ2v) is 3.31. The van der Waals surface area contributed by atoms with Gasteiger partial charge in [-0.15, -0.1) is 0 Å². The van der Waals surface area contributed by atoms with E-state index in [2.05, 4.69) is 0 Å². The Hall–Kier alpha value is -0.160. The average molecular weight is 159 g/mol. The minimum absolute atomic E-state index is 0.658. The van der Waals surface area contributed by atoms with E-state index >= 15 is 0 Å². The smallest absolute Gasteiger partial charge is 0.184 e. The maximum absolute atomic E-state index is 9.67. The van der Waals surface area contributed by atoms with E-state index in [1.54, 1.807) is 5.01 Å². The van der Waals surface area contributed by atoms with Crippen LogP contribution in [0.5, 0.6) is 0 Å². The molecule has 1 rings (SSSR count). The second-order valence-electron chi connectivity index (χ2n) is 3.31. The molecule has 0 radical (unpaired) electrons. The highest BCUT2D eigenvalue weighted by molar-refractivity contribution is 4.75. The van der Waals surface area contributed by atoms with Crippen LogP contribution in [0.2, 0.25) is 0 Å². The Bertz CT molecular complexity index is 136. The van der Waals surface area contributed by atoms with Gasteiger partial charge in [-0.05, 0) is 12.8 Å². The van der Waals surface area contributed by atoms with Crippen molar-refractivity contribution in [3.8, 4) is 0 Å². The van der Waals surface area contributed by atoms with Crippen molar-refractivity contribution >= 4 is 0 Å². The lowest BCUT2D eigenvalue weighted by Gasteiger charge is -2.43. The van der Waals surface area contributed by atoms with Crippen molar-refractivity contribution in [1.29, 1.82) is 0 Å². The molecule has 0 aromatic carbocycles. The predicted molar refractivity (Wildman–Crippen MR) is 43.4 cm³/mol. The number of nitrogens with zero attached hydrogens (tertiary/aromatic N) is 2. The molecule has 1 fully saturated rings. The first-order valence-corrected chi connectivity index (χ1v) is 4.00. The summed E-state index contributed by atoms with van der Waals surface area (Å²) >= 11 is 0. The quantitative estimate of drug-likeness (QED) is 0.509. The number of aliphatic hydroxyl groups is 1. The fraction of sp³-hybridized carbons (Fsp3) is 1.00. The molecule has 0 aromatic heterocycles. The van der Waals surface area contributed by atoms with Crippen LogP contribution in [0.15, 0.2) is 0 Å². The molecule has 0 spiro atoms. The number of piperidine rings is 1. The Morgan fingerprint density at radius 1 is 1.45 bits per heavy atom. The van der Waals surface area contributed by atoms with Crippen molar-refractivity contribution in [3.05, 3.63) is 0 Å². The molecule has 4 nitrogen and oxygen atoms in total. The van der Waals surface area contributed by atoms with Gasteiger partial charge in [0.05, 0.1) is 0 Å². The van der Waals surface area contributed by atoms with E-state index in [4.69, 9.17) is 5.73 Å². The maximum atomic E-state index is 9.67.